The lowest BCUT2D eigenvalue weighted by Gasteiger charge is -2.16. The average molecular weight is 251 g/mol. The maximum Gasteiger partial charge on any atom is 0.256 e. The Morgan fingerprint density at radius 2 is 2.06 bits per heavy atom. The Labute approximate surface area is 108 Å². The molecule has 0 aromatic rings. The second-order valence-electron chi connectivity index (χ2n) is 5.03. The van der Waals surface area contributed by atoms with Crippen molar-refractivity contribution in [3.05, 3.63) is 23.3 Å². The molecule has 18 heavy (non-hydrogen) atoms. The Kier molecular flexibility index (Phi) is 4.84. The van der Waals surface area contributed by atoms with Gasteiger partial charge in [0.2, 0.25) is 0 Å². The SMILES string of the molecule is C=C(C)CCC(O)C1=C(C(=O)N(C)C)C(=O)CC1. The zero-order chi connectivity index (χ0) is 13.9. The van der Waals surface area contributed by atoms with Crippen LogP contribution in [0.3, 0.4) is 0 Å². The highest BCUT2D eigenvalue weighted by Crippen LogP contribution is 2.29. The Morgan fingerprint density at radius 1 is 1.44 bits per heavy atom. The number of carbonyl (C=O) groups excluding carboxylic acids is 2. The molecule has 0 saturated heterocycles. The number of Topliss-reactive ketones (excluding diaryl/α,β-unsaturated/α-hetero) is 1. The Balaban J connectivity index is 2.91. The highest BCUT2D eigenvalue weighted by atomic mass is 16.3. The molecule has 100 valence electrons. The van der Waals surface area contributed by atoms with Crippen molar-refractivity contribution in [1.82, 2.24) is 4.90 Å². The van der Waals surface area contributed by atoms with Crippen LogP contribution < -0.4 is 0 Å². The number of aliphatic hydroxyl groups is 1. The van der Waals surface area contributed by atoms with Gasteiger partial charge in [0.25, 0.3) is 5.91 Å². The quantitative estimate of drug-likeness (QED) is 0.594. The summed E-state index contributed by atoms with van der Waals surface area (Å²) in [5.41, 5.74) is 1.77. The third kappa shape index (κ3) is 3.29. The van der Waals surface area contributed by atoms with E-state index in [0.717, 1.165) is 5.57 Å². The van der Waals surface area contributed by atoms with Crippen LogP contribution >= 0.6 is 0 Å². The lowest BCUT2D eigenvalue weighted by Crippen LogP contribution is -2.28. The molecule has 0 radical (unpaired) electrons. The number of ketones is 1. The van der Waals surface area contributed by atoms with Crippen molar-refractivity contribution >= 4 is 11.7 Å². The fraction of sp³-hybridized carbons (Fsp3) is 0.571. The molecule has 0 aliphatic heterocycles. The first-order chi connectivity index (χ1) is 8.34. The van der Waals surface area contributed by atoms with Gasteiger partial charge in [-0.1, -0.05) is 5.57 Å². The predicted octanol–water partition coefficient (Wildman–Crippen LogP) is 1.45. The number of likely N-dealkylation sites (N-methyl/N-ethyl adjacent to an activating group) is 1. The minimum absolute atomic E-state index is 0.155. The number of aliphatic hydroxyl groups excluding tert-OH is 1. The van der Waals surface area contributed by atoms with Gasteiger partial charge in [0, 0.05) is 20.5 Å². The number of amides is 1. The van der Waals surface area contributed by atoms with Crippen molar-refractivity contribution in [3.8, 4) is 0 Å². The number of allylic oxidation sites excluding steroid dienone is 1. The van der Waals surface area contributed by atoms with E-state index < -0.39 is 6.10 Å². The van der Waals surface area contributed by atoms with Crippen LogP contribution in [0, 0.1) is 0 Å². The van der Waals surface area contributed by atoms with Gasteiger partial charge in [0.1, 0.15) is 0 Å². The van der Waals surface area contributed by atoms with E-state index in [4.69, 9.17) is 0 Å². The van der Waals surface area contributed by atoms with Gasteiger partial charge in [0.05, 0.1) is 11.7 Å². The standard InChI is InChI=1S/C14H21NO3/c1-9(2)5-7-11(16)10-6-8-12(17)13(10)14(18)15(3)4/h11,16H,1,5-8H2,2-4H3. The zero-order valence-corrected chi connectivity index (χ0v) is 11.3. The second kappa shape index (κ2) is 5.96. The molecule has 0 spiro atoms. The van der Waals surface area contributed by atoms with Gasteiger partial charge in [-0.15, -0.1) is 6.58 Å². The lowest BCUT2D eigenvalue weighted by molar-refractivity contribution is -0.127. The number of hydrogen-bond donors (Lipinski definition) is 1. The van der Waals surface area contributed by atoms with Crippen LogP contribution in [-0.2, 0) is 9.59 Å². The van der Waals surface area contributed by atoms with Gasteiger partial charge < -0.3 is 10.0 Å². The molecule has 0 fully saturated rings. The van der Waals surface area contributed by atoms with E-state index in [9.17, 15) is 14.7 Å². The molecule has 0 saturated carbocycles. The molecule has 4 nitrogen and oxygen atoms in total. The van der Waals surface area contributed by atoms with E-state index in [1.54, 1.807) is 14.1 Å². The summed E-state index contributed by atoms with van der Waals surface area (Å²) in [4.78, 5) is 25.0. The van der Waals surface area contributed by atoms with Crippen molar-refractivity contribution < 1.29 is 14.7 Å². The molecular weight excluding hydrogens is 230 g/mol. The van der Waals surface area contributed by atoms with Gasteiger partial charge in [-0.2, -0.15) is 0 Å². The van der Waals surface area contributed by atoms with Gasteiger partial charge >= 0.3 is 0 Å². The minimum Gasteiger partial charge on any atom is -0.389 e. The normalized spacial score (nSPS) is 17.0. The van der Waals surface area contributed by atoms with Gasteiger partial charge in [0.15, 0.2) is 5.78 Å². The van der Waals surface area contributed by atoms with E-state index >= 15 is 0 Å². The van der Waals surface area contributed by atoms with Crippen molar-refractivity contribution in [2.75, 3.05) is 14.1 Å². The summed E-state index contributed by atoms with van der Waals surface area (Å²) in [6, 6.07) is 0. The largest absolute Gasteiger partial charge is 0.389 e. The summed E-state index contributed by atoms with van der Waals surface area (Å²) in [5, 5.41) is 10.1. The summed E-state index contributed by atoms with van der Waals surface area (Å²) in [6.07, 6.45) is 1.32. The third-order valence-electron chi connectivity index (χ3n) is 3.09. The molecule has 1 atom stereocenters. The average Bonchev–Trinajstić information content (AvgIpc) is 2.66. The second-order valence-corrected chi connectivity index (χ2v) is 5.03. The summed E-state index contributed by atoms with van der Waals surface area (Å²) in [7, 11) is 3.22. The summed E-state index contributed by atoms with van der Waals surface area (Å²) >= 11 is 0. The minimum atomic E-state index is -0.716. The molecular formula is C14H21NO3. The van der Waals surface area contributed by atoms with Crippen LogP contribution in [-0.4, -0.2) is 41.9 Å². The van der Waals surface area contributed by atoms with Crippen LogP contribution in [0.4, 0.5) is 0 Å². The highest BCUT2D eigenvalue weighted by Gasteiger charge is 2.32. The Bertz CT molecular complexity index is 407. The molecule has 4 heteroatoms. The Morgan fingerprint density at radius 3 is 2.56 bits per heavy atom. The molecule has 1 aliphatic rings. The van der Waals surface area contributed by atoms with E-state index in [1.165, 1.54) is 4.90 Å². The first-order valence-corrected chi connectivity index (χ1v) is 6.15. The number of rotatable bonds is 5. The number of hydrogen-bond acceptors (Lipinski definition) is 3. The maximum absolute atomic E-state index is 11.9. The number of carbonyl (C=O) groups is 2. The molecule has 1 N–H and O–H groups in total. The maximum atomic E-state index is 11.9. The first-order valence-electron chi connectivity index (χ1n) is 6.15. The summed E-state index contributed by atoms with van der Waals surface area (Å²) < 4.78 is 0. The van der Waals surface area contributed by atoms with Crippen molar-refractivity contribution in [2.24, 2.45) is 0 Å². The van der Waals surface area contributed by atoms with Gasteiger partial charge in [-0.05, 0) is 31.8 Å². The zero-order valence-electron chi connectivity index (χ0n) is 11.3. The topological polar surface area (TPSA) is 57.6 Å². The smallest absolute Gasteiger partial charge is 0.256 e. The van der Waals surface area contributed by atoms with Crippen LogP contribution in [0.1, 0.15) is 32.6 Å². The van der Waals surface area contributed by atoms with Crippen LogP contribution in [0.25, 0.3) is 0 Å². The summed E-state index contributed by atoms with van der Waals surface area (Å²) in [6.45, 7) is 5.68. The van der Waals surface area contributed by atoms with Crippen molar-refractivity contribution in [1.29, 1.82) is 0 Å². The fourth-order valence-corrected chi connectivity index (χ4v) is 2.05. The molecule has 0 aromatic carbocycles. The molecule has 0 heterocycles. The fourth-order valence-electron chi connectivity index (χ4n) is 2.05. The van der Waals surface area contributed by atoms with Crippen LogP contribution in [0.2, 0.25) is 0 Å². The molecule has 1 aliphatic carbocycles. The van der Waals surface area contributed by atoms with Crippen molar-refractivity contribution in [2.45, 2.75) is 38.7 Å². The molecule has 0 bridgehead atoms. The molecule has 1 rings (SSSR count). The summed E-state index contributed by atoms with van der Waals surface area (Å²) in [5.74, 6) is -0.458. The van der Waals surface area contributed by atoms with E-state index in [1.807, 2.05) is 6.92 Å². The van der Waals surface area contributed by atoms with Crippen LogP contribution in [0.15, 0.2) is 23.3 Å². The first kappa shape index (κ1) is 14.6. The molecule has 0 aromatic heterocycles. The van der Waals surface area contributed by atoms with E-state index in [-0.39, 0.29) is 17.3 Å². The number of nitrogens with zero attached hydrogens (tertiary/aromatic N) is 1. The van der Waals surface area contributed by atoms with E-state index in [0.29, 0.717) is 31.3 Å². The third-order valence-corrected chi connectivity index (χ3v) is 3.09. The molecule has 1 unspecified atom stereocenters. The van der Waals surface area contributed by atoms with Gasteiger partial charge in [-0.3, -0.25) is 9.59 Å². The van der Waals surface area contributed by atoms with Gasteiger partial charge in [-0.25, -0.2) is 0 Å². The Hall–Kier alpha value is -1.42. The van der Waals surface area contributed by atoms with Crippen molar-refractivity contribution in [3.63, 3.8) is 0 Å². The van der Waals surface area contributed by atoms with Crippen LogP contribution in [0.5, 0.6) is 0 Å². The predicted molar refractivity (Wildman–Crippen MR) is 70.0 cm³/mol. The van der Waals surface area contributed by atoms with E-state index in [2.05, 4.69) is 6.58 Å². The monoisotopic (exact) mass is 251 g/mol. The highest BCUT2D eigenvalue weighted by molar-refractivity contribution is 6.21. The lowest BCUT2D eigenvalue weighted by atomic mass is 9.99. The molecule has 1 amide bonds.